The molecule has 1 unspecified atom stereocenters. The summed E-state index contributed by atoms with van der Waals surface area (Å²) in [5.41, 5.74) is 3.43. The molecular formula is C13H19N3O2S2. The number of imidazole rings is 1. The lowest BCUT2D eigenvalue weighted by Crippen LogP contribution is -2.24. The van der Waals surface area contributed by atoms with Crippen LogP contribution in [0.25, 0.3) is 4.96 Å². The molecule has 0 bridgehead atoms. The Balaban J connectivity index is 1.66. The molecule has 2 aromatic heterocycles. The third-order valence-electron chi connectivity index (χ3n) is 3.88. The number of hydrogen-bond donors (Lipinski definition) is 1. The van der Waals surface area contributed by atoms with E-state index >= 15 is 0 Å². The Kier molecular flexibility index (Phi) is 3.60. The molecule has 110 valence electrons. The van der Waals surface area contributed by atoms with Crippen LogP contribution >= 0.6 is 11.3 Å². The molecule has 1 saturated heterocycles. The highest BCUT2D eigenvalue weighted by molar-refractivity contribution is 7.91. The fraction of sp³-hybridized carbons (Fsp3) is 0.615. The van der Waals surface area contributed by atoms with Crippen LogP contribution in [0.5, 0.6) is 0 Å². The summed E-state index contributed by atoms with van der Waals surface area (Å²) in [4.78, 5) is 5.58. The van der Waals surface area contributed by atoms with Gasteiger partial charge in [-0.05, 0) is 32.7 Å². The van der Waals surface area contributed by atoms with Crippen LogP contribution in [-0.2, 0) is 16.4 Å². The van der Waals surface area contributed by atoms with Crippen molar-refractivity contribution in [1.29, 1.82) is 0 Å². The van der Waals surface area contributed by atoms with Crippen molar-refractivity contribution < 1.29 is 8.42 Å². The first kappa shape index (κ1) is 14.0. The average molecular weight is 313 g/mol. The maximum Gasteiger partial charge on any atom is 0.194 e. The number of hydrogen-bond acceptors (Lipinski definition) is 5. The summed E-state index contributed by atoms with van der Waals surface area (Å²) in [5.74, 6) is 0.935. The minimum Gasteiger partial charge on any atom is -0.311 e. The van der Waals surface area contributed by atoms with E-state index < -0.39 is 9.84 Å². The number of sulfone groups is 1. The molecule has 0 amide bonds. The van der Waals surface area contributed by atoms with Crippen LogP contribution in [0.3, 0.4) is 0 Å². The molecule has 1 fully saturated rings. The number of rotatable bonds is 4. The number of fused-ring (bicyclic) bond motifs is 1. The summed E-state index contributed by atoms with van der Waals surface area (Å²) in [6, 6.07) is 0. The summed E-state index contributed by atoms with van der Waals surface area (Å²) in [5, 5.41) is 5.50. The maximum absolute atomic E-state index is 11.4. The minimum absolute atomic E-state index is 0.257. The Morgan fingerprint density at radius 2 is 2.30 bits per heavy atom. The van der Waals surface area contributed by atoms with Crippen molar-refractivity contribution in [1.82, 2.24) is 14.7 Å². The Morgan fingerprint density at radius 3 is 3.00 bits per heavy atom. The van der Waals surface area contributed by atoms with E-state index in [2.05, 4.69) is 27.0 Å². The number of aromatic nitrogens is 2. The molecule has 1 aliphatic heterocycles. The molecule has 0 aliphatic carbocycles. The summed E-state index contributed by atoms with van der Waals surface area (Å²) < 4.78 is 25.0. The number of nitrogens with one attached hydrogen (secondary N) is 1. The van der Waals surface area contributed by atoms with Crippen molar-refractivity contribution in [2.75, 3.05) is 18.1 Å². The van der Waals surface area contributed by atoms with Gasteiger partial charge in [-0.25, -0.2) is 13.4 Å². The maximum atomic E-state index is 11.4. The number of aryl methyl sites for hydroxylation is 2. The second-order valence-corrected chi connectivity index (χ2v) is 8.60. The van der Waals surface area contributed by atoms with Crippen LogP contribution in [0.2, 0.25) is 0 Å². The van der Waals surface area contributed by atoms with Gasteiger partial charge >= 0.3 is 0 Å². The highest BCUT2D eigenvalue weighted by Gasteiger charge is 2.27. The SMILES string of the molecule is Cc1nc2scc(C)n2c1CNCC1CCS(=O)(=O)C1. The predicted octanol–water partition coefficient (Wildman–Crippen LogP) is 1.54. The Hall–Kier alpha value is -0.920. The van der Waals surface area contributed by atoms with Gasteiger partial charge < -0.3 is 5.32 Å². The zero-order chi connectivity index (χ0) is 14.3. The second kappa shape index (κ2) is 5.13. The smallest absolute Gasteiger partial charge is 0.194 e. The van der Waals surface area contributed by atoms with Crippen LogP contribution in [0.15, 0.2) is 5.38 Å². The first-order valence-electron chi connectivity index (χ1n) is 6.79. The normalized spacial score (nSPS) is 21.8. The van der Waals surface area contributed by atoms with Crippen molar-refractivity contribution in [3.63, 3.8) is 0 Å². The monoisotopic (exact) mass is 313 g/mol. The third kappa shape index (κ3) is 2.62. The van der Waals surface area contributed by atoms with E-state index in [0.29, 0.717) is 11.5 Å². The van der Waals surface area contributed by atoms with Gasteiger partial charge in [-0.15, -0.1) is 11.3 Å². The lowest BCUT2D eigenvalue weighted by molar-refractivity contribution is 0.516. The molecule has 2 aromatic rings. The van der Waals surface area contributed by atoms with Gasteiger partial charge in [0.05, 0.1) is 22.9 Å². The number of nitrogens with zero attached hydrogens (tertiary/aromatic N) is 2. The molecular weight excluding hydrogens is 294 g/mol. The summed E-state index contributed by atoms with van der Waals surface area (Å²) >= 11 is 1.65. The molecule has 1 N–H and O–H groups in total. The molecule has 0 aromatic carbocycles. The van der Waals surface area contributed by atoms with Crippen LogP contribution in [0, 0.1) is 19.8 Å². The molecule has 7 heteroatoms. The van der Waals surface area contributed by atoms with Crippen molar-refractivity contribution in [2.24, 2.45) is 5.92 Å². The van der Waals surface area contributed by atoms with Crippen LogP contribution in [0.4, 0.5) is 0 Å². The van der Waals surface area contributed by atoms with Crippen molar-refractivity contribution in [3.8, 4) is 0 Å². The molecule has 20 heavy (non-hydrogen) atoms. The Labute approximate surface area is 122 Å². The largest absolute Gasteiger partial charge is 0.311 e. The Bertz CT molecular complexity index is 730. The van der Waals surface area contributed by atoms with Gasteiger partial charge in [0.1, 0.15) is 0 Å². The van der Waals surface area contributed by atoms with Crippen molar-refractivity contribution >= 4 is 26.1 Å². The summed E-state index contributed by atoms with van der Waals surface area (Å²) in [6.45, 7) is 5.60. The van der Waals surface area contributed by atoms with Crippen LogP contribution in [0.1, 0.15) is 23.5 Å². The lowest BCUT2D eigenvalue weighted by atomic mass is 10.1. The fourth-order valence-corrected chi connectivity index (χ4v) is 5.60. The number of thiazole rings is 1. The van der Waals surface area contributed by atoms with Crippen LogP contribution in [-0.4, -0.2) is 35.9 Å². The van der Waals surface area contributed by atoms with E-state index in [-0.39, 0.29) is 5.92 Å². The highest BCUT2D eigenvalue weighted by Crippen LogP contribution is 2.21. The second-order valence-electron chi connectivity index (χ2n) is 5.54. The highest BCUT2D eigenvalue weighted by atomic mass is 32.2. The van der Waals surface area contributed by atoms with Gasteiger partial charge in [0, 0.05) is 17.6 Å². The fourth-order valence-electron chi connectivity index (χ4n) is 2.80. The lowest BCUT2D eigenvalue weighted by Gasteiger charge is -2.10. The van der Waals surface area contributed by atoms with Gasteiger partial charge in [0.2, 0.25) is 0 Å². The zero-order valence-electron chi connectivity index (χ0n) is 11.7. The minimum atomic E-state index is -2.78. The molecule has 0 saturated carbocycles. The van der Waals surface area contributed by atoms with Gasteiger partial charge in [-0.1, -0.05) is 0 Å². The van der Waals surface area contributed by atoms with E-state index in [1.165, 1.54) is 11.4 Å². The first-order chi connectivity index (χ1) is 9.46. The predicted molar refractivity (Wildman–Crippen MR) is 81.0 cm³/mol. The first-order valence-corrected chi connectivity index (χ1v) is 9.49. The molecule has 0 radical (unpaired) electrons. The molecule has 3 heterocycles. The van der Waals surface area contributed by atoms with Crippen molar-refractivity contribution in [3.05, 3.63) is 22.5 Å². The topological polar surface area (TPSA) is 63.5 Å². The summed E-state index contributed by atoms with van der Waals surface area (Å²) in [7, 11) is -2.78. The molecule has 5 nitrogen and oxygen atoms in total. The molecule has 1 atom stereocenters. The van der Waals surface area contributed by atoms with E-state index in [0.717, 1.165) is 30.2 Å². The van der Waals surface area contributed by atoms with Gasteiger partial charge in [0.15, 0.2) is 14.8 Å². The zero-order valence-corrected chi connectivity index (χ0v) is 13.4. The quantitative estimate of drug-likeness (QED) is 0.930. The van der Waals surface area contributed by atoms with Gasteiger partial charge in [-0.2, -0.15) is 0 Å². The molecule has 0 spiro atoms. The van der Waals surface area contributed by atoms with Crippen LogP contribution < -0.4 is 5.32 Å². The molecule has 1 aliphatic rings. The van der Waals surface area contributed by atoms with E-state index in [9.17, 15) is 8.42 Å². The molecule has 3 rings (SSSR count). The van der Waals surface area contributed by atoms with Gasteiger partial charge in [0.25, 0.3) is 0 Å². The third-order valence-corrected chi connectivity index (χ3v) is 6.66. The van der Waals surface area contributed by atoms with E-state index in [1.807, 2.05) is 6.92 Å². The van der Waals surface area contributed by atoms with E-state index in [4.69, 9.17) is 0 Å². The Morgan fingerprint density at radius 1 is 1.50 bits per heavy atom. The average Bonchev–Trinajstić information content (AvgIpc) is 2.98. The van der Waals surface area contributed by atoms with Gasteiger partial charge in [-0.3, -0.25) is 4.40 Å². The van der Waals surface area contributed by atoms with E-state index in [1.54, 1.807) is 11.3 Å². The van der Waals surface area contributed by atoms with Crippen molar-refractivity contribution in [2.45, 2.75) is 26.8 Å². The summed E-state index contributed by atoms with van der Waals surface area (Å²) in [6.07, 6.45) is 0.785. The standard InChI is InChI=1S/C13H19N3O2S2/c1-9-7-19-13-15-10(2)12(16(9)13)6-14-5-11-3-4-20(17,18)8-11/h7,11,14H,3-6,8H2,1-2H3.